The number of nitrogens with one attached hydrogen (secondary N) is 2. The Kier molecular flexibility index (Phi) is 4.77. The molecule has 0 aliphatic rings. The first-order valence-electron chi connectivity index (χ1n) is 8.80. The van der Waals surface area contributed by atoms with E-state index in [1.165, 1.54) is 0 Å². The molecule has 3 aromatic heterocycles. The Balaban J connectivity index is 1.83. The summed E-state index contributed by atoms with van der Waals surface area (Å²) in [6.07, 6.45) is 1.72. The van der Waals surface area contributed by atoms with Crippen molar-refractivity contribution >= 4 is 17.4 Å². The minimum Gasteiger partial charge on any atom is -0.477 e. The monoisotopic (exact) mass is 399 g/mol. The molecule has 0 bridgehead atoms. The molecular weight excluding hydrogens is 386 g/mol. The first kappa shape index (κ1) is 18.6. The Hall–Kier alpha value is -4.77. The van der Waals surface area contributed by atoms with E-state index in [0.29, 0.717) is 5.69 Å². The molecule has 0 fully saturated rings. The lowest BCUT2D eigenvalue weighted by atomic mass is 10.2. The first-order chi connectivity index (χ1) is 14.6. The Morgan fingerprint density at radius 3 is 2.60 bits per heavy atom. The van der Waals surface area contributed by atoms with Crippen LogP contribution in [0.2, 0.25) is 0 Å². The van der Waals surface area contributed by atoms with Gasteiger partial charge in [-0.05, 0) is 6.92 Å². The molecule has 0 saturated heterocycles. The molecule has 0 unspecified atom stereocenters. The third kappa shape index (κ3) is 3.27. The van der Waals surface area contributed by atoms with E-state index in [-0.39, 0.29) is 41.3 Å². The van der Waals surface area contributed by atoms with E-state index in [0.717, 1.165) is 5.56 Å². The van der Waals surface area contributed by atoms with E-state index in [9.17, 15) is 4.79 Å². The van der Waals surface area contributed by atoms with Gasteiger partial charge in [0, 0.05) is 11.8 Å². The van der Waals surface area contributed by atoms with E-state index in [2.05, 4.69) is 30.2 Å². The second-order valence-corrected chi connectivity index (χ2v) is 5.93. The van der Waals surface area contributed by atoms with Crippen molar-refractivity contribution in [3.8, 4) is 29.3 Å². The summed E-state index contributed by atoms with van der Waals surface area (Å²) < 4.78 is 7.23. The summed E-state index contributed by atoms with van der Waals surface area (Å²) in [6, 6.07) is 13.1. The zero-order valence-electron chi connectivity index (χ0n) is 15.6. The molecule has 0 spiro atoms. The average molecular weight is 399 g/mol. The molecule has 0 radical (unpaired) electrons. The van der Waals surface area contributed by atoms with E-state index < -0.39 is 5.56 Å². The van der Waals surface area contributed by atoms with E-state index in [1.807, 2.05) is 30.3 Å². The summed E-state index contributed by atoms with van der Waals surface area (Å²) in [4.78, 5) is 26.1. The fraction of sp³-hybridized carbons (Fsp3) is 0.105. The van der Waals surface area contributed by atoms with Gasteiger partial charge in [-0.25, -0.2) is 4.98 Å². The highest BCUT2D eigenvalue weighted by atomic mass is 16.5. The summed E-state index contributed by atoms with van der Waals surface area (Å²) in [6.45, 7) is 2.05. The number of nitriles is 2. The molecule has 0 atom stereocenters. The van der Waals surface area contributed by atoms with E-state index in [4.69, 9.17) is 15.3 Å². The van der Waals surface area contributed by atoms with Gasteiger partial charge in [-0.15, -0.1) is 10.2 Å². The number of H-pyrrole nitrogens is 2. The van der Waals surface area contributed by atoms with Crippen LogP contribution in [0, 0.1) is 22.7 Å². The van der Waals surface area contributed by atoms with Gasteiger partial charge in [-0.1, -0.05) is 30.3 Å². The number of hydrogen-bond donors (Lipinski definition) is 2. The van der Waals surface area contributed by atoms with Crippen LogP contribution in [0.5, 0.6) is 5.88 Å². The fourth-order valence-electron chi connectivity index (χ4n) is 2.77. The SMILES string of the molecule is CCOc1c(/N=N/c2nc(C#N)c(C#N)[nH]2)c(=O)[nH]c2nc(-c3ccccc3)cn12. The van der Waals surface area contributed by atoms with Gasteiger partial charge in [-0.2, -0.15) is 15.5 Å². The minimum absolute atomic E-state index is 0.0389. The van der Waals surface area contributed by atoms with Gasteiger partial charge in [-0.3, -0.25) is 14.2 Å². The van der Waals surface area contributed by atoms with Crippen LogP contribution in [-0.2, 0) is 0 Å². The van der Waals surface area contributed by atoms with Crippen molar-refractivity contribution < 1.29 is 4.74 Å². The second kappa shape index (κ2) is 7.69. The zero-order valence-corrected chi connectivity index (χ0v) is 15.6. The van der Waals surface area contributed by atoms with Gasteiger partial charge in [0.1, 0.15) is 12.1 Å². The third-order valence-electron chi connectivity index (χ3n) is 4.07. The minimum atomic E-state index is -0.563. The topological polar surface area (TPSA) is 160 Å². The van der Waals surface area contributed by atoms with Crippen molar-refractivity contribution in [1.82, 2.24) is 24.3 Å². The van der Waals surface area contributed by atoms with Crippen LogP contribution in [0.4, 0.5) is 11.6 Å². The number of hydrogen-bond acceptors (Lipinski definition) is 8. The van der Waals surface area contributed by atoms with Gasteiger partial charge < -0.3 is 9.72 Å². The number of nitrogens with zero attached hydrogens (tertiary/aromatic N) is 7. The Morgan fingerprint density at radius 2 is 1.93 bits per heavy atom. The van der Waals surface area contributed by atoms with Crippen molar-refractivity contribution in [3.05, 3.63) is 58.3 Å². The predicted molar refractivity (Wildman–Crippen MR) is 105 cm³/mol. The maximum absolute atomic E-state index is 12.6. The van der Waals surface area contributed by atoms with Crippen molar-refractivity contribution in [1.29, 1.82) is 10.5 Å². The molecule has 11 nitrogen and oxygen atoms in total. The molecule has 146 valence electrons. The first-order valence-corrected chi connectivity index (χ1v) is 8.80. The largest absolute Gasteiger partial charge is 0.477 e. The molecule has 0 aliphatic carbocycles. The third-order valence-corrected chi connectivity index (χ3v) is 4.07. The Labute approximate surface area is 168 Å². The van der Waals surface area contributed by atoms with Crippen LogP contribution in [0.3, 0.4) is 0 Å². The molecule has 1 aromatic carbocycles. The van der Waals surface area contributed by atoms with Gasteiger partial charge in [0.25, 0.3) is 5.56 Å². The summed E-state index contributed by atoms with van der Waals surface area (Å²) in [5.74, 6) is 0.362. The molecule has 0 aliphatic heterocycles. The maximum atomic E-state index is 12.6. The Morgan fingerprint density at radius 1 is 1.13 bits per heavy atom. The van der Waals surface area contributed by atoms with Gasteiger partial charge in [0.05, 0.1) is 12.3 Å². The number of benzene rings is 1. The van der Waals surface area contributed by atoms with Crippen LogP contribution < -0.4 is 10.3 Å². The molecule has 30 heavy (non-hydrogen) atoms. The molecule has 0 amide bonds. The molecule has 11 heteroatoms. The smallest absolute Gasteiger partial charge is 0.284 e. The molecule has 2 N–H and O–H groups in total. The van der Waals surface area contributed by atoms with E-state index >= 15 is 0 Å². The van der Waals surface area contributed by atoms with Crippen LogP contribution in [0.15, 0.2) is 51.6 Å². The van der Waals surface area contributed by atoms with Gasteiger partial charge in [0.15, 0.2) is 11.4 Å². The molecule has 4 aromatic rings. The van der Waals surface area contributed by atoms with Crippen LogP contribution in [0.1, 0.15) is 18.3 Å². The number of aromatic amines is 2. The summed E-state index contributed by atoms with van der Waals surface area (Å²) in [7, 11) is 0. The number of rotatable bonds is 5. The van der Waals surface area contributed by atoms with Gasteiger partial charge in [0.2, 0.25) is 23.3 Å². The molecule has 0 saturated carbocycles. The van der Waals surface area contributed by atoms with Crippen LogP contribution in [0.25, 0.3) is 17.0 Å². The maximum Gasteiger partial charge on any atom is 0.284 e. The number of ether oxygens (including phenoxy) is 1. The van der Waals surface area contributed by atoms with Gasteiger partial charge >= 0.3 is 0 Å². The highest BCUT2D eigenvalue weighted by molar-refractivity contribution is 5.63. The lowest BCUT2D eigenvalue weighted by molar-refractivity contribution is 0.323. The highest BCUT2D eigenvalue weighted by Crippen LogP contribution is 2.28. The van der Waals surface area contributed by atoms with Crippen molar-refractivity contribution in [2.45, 2.75) is 6.92 Å². The second-order valence-electron chi connectivity index (χ2n) is 5.93. The van der Waals surface area contributed by atoms with Crippen LogP contribution in [-0.4, -0.2) is 30.9 Å². The lowest BCUT2D eigenvalue weighted by Crippen LogP contribution is -2.12. The Bertz CT molecular complexity index is 1370. The van der Waals surface area contributed by atoms with Crippen LogP contribution >= 0.6 is 0 Å². The van der Waals surface area contributed by atoms with Crippen molar-refractivity contribution in [2.75, 3.05) is 6.61 Å². The average Bonchev–Trinajstić information content (AvgIpc) is 3.37. The number of fused-ring (bicyclic) bond motifs is 1. The molecular formula is C19H13N9O2. The zero-order chi connectivity index (χ0) is 21.1. The van der Waals surface area contributed by atoms with E-state index in [1.54, 1.807) is 29.7 Å². The predicted octanol–water partition coefficient (Wildman–Crippen LogP) is 2.97. The number of azo groups is 1. The summed E-state index contributed by atoms with van der Waals surface area (Å²) >= 11 is 0. The summed E-state index contributed by atoms with van der Waals surface area (Å²) in [5.41, 5.74) is 0.703. The quantitative estimate of drug-likeness (QED) is 0.490. The molecule has 3 heterocycles. The van der Waals surface area contributed by atoms with Crippen molar-refractivity contribution in [2.24, 2.45) is 10.2 Å². The fourth-order valence-corrected chi connectivity index (χ4v) is 2.77. The number of imidazole rings is 2. The standard InChI is InChI=1S/C19H13N9O2/c1-2-30-17-15(26-27-18-22-12(8-20)13(9-21)23-18)16(29)25-19-24-14(10-28(17)19)11-6-4-3-5-7-11/h3-7,10H,2H2,1H3,(H,22,23)(H,24,25,29)/b27-26+. The lowest BCUT2D eigenvalue weighted by Gasteiger charge is -2.07. The molecule has 4 rings (SSSR count). The summed E-state index contributed by atoms with van der Waals surface area (Å²) in [5, 5.41) is 25.8. The van der Waals surface area contributed by atoms with Crippen molar-refractivity contribution in [3.63, 3.8) is 0 Å². The number of aromatic nitrogens is 5. The normalized spacial score (nSPS) is 10.9. The highest BCUT2D eigenvalue weighted by Gasteiger charge is 2.17.